The second-order valence-electron chi connectivity index (χ2n) is 13.1. The molecule has 0 heterocycles. The van der Waals surface area contributed by atoms with Crippen LogP contribution < -0.4 is 0 Å². The Hall–Kier alpha value is -1.06. The first kappa shape index (κ1) is 41.9. The summed E-state index contributed by atoms with van der Waals surface area (Å²) in [6.07, 6.45) is 42.3. The van der Waals surface area contributed by atoms with Gasteiger partial charge in [-0.05, 0) is 12.8 Å². The van der Waals surface area contributed by atoms with Crippen LogP contribution in [-0.2, 0) is 19.1 Å². The summed E-state index contributed by atoms with van der Waals surface area (Å²) in [6, 6.07) is 0. The average molecular weight is 608 g/mol. The smallest absolute Gasteiger partial charge is 0.305 e. The third-order valence-corrected chi connectivity index (χ3v) is 8.69. The molecule has 0 aromatic heterocycles. The maximum atomic E-state index is 11.9. The number of carbonyl (C=O) groups excluding carboxylic acids is 2. The Balaban J connectivity index is 3.25. The van der Waals surface area contributed by atoms with Crippen LogP contribution in [0.4, 0.5) is 0 Å². The van der Waals surface area contributed by atoms with E-state index >= 15 is 0 Å². The van der Waals surface area contributed by atoms with Gasteiger partial charge < -0.3 is 9.47 Å². The highest BCUT2D eigenvalue weighted by molar-refractivity contribution is 5.69. The highest BCUT2D eigenvalue weighted by atomic mass is 16.5. The zero-order chi connectivity index (χ0) is 31.3. The lowest BCUT2D eigenvalue weighted by Gasteiger charge is -2.07. The van der Waals surface area contributed by atoms with Crippen molar-refractivity contribution in [2.24, 2.45) is 0 Å². The zero-order valence-corrected chi connectivity index (χ0v) is 29.3. The lowest BCUT2D eigenvalue weighted by atomic mass is 10.0. The fourth-order valence-electron chi connectivity index (χ4n) is 5.78. The van der Waals surface area contributed by atoms with E-state index in [1.54, 1.807) is 6.42 Å². The fourth-order valence-corrected chi connectivity index (χ4v) is 5.78. The van der Waals surface area contributed by atoms with E-state index in [2.05, 4.69) is 13.8 Å². The van der Waals surface area contributed by atoms with Crippen molar-refractivity contribution in [3.8, 4) is 0 Å². The summed E-state index contributed by atoms with van der Waals surface area (Å²) >= 11 is 0. The molecule has 0 saturated heterocycles. The first-order chi connectivity index (χ1) is 21.2. The van der Waals surface area contributed by atoms with Crippen LogP contribution in [0.3, 0.4) is 0 Å². The van der Waals surface area contributed by atoms with Gasteiger partial charge in [-0.2, -0.15) is 0 Å². The van der Waals surface area contributed by atoms with Gasteiger partial charge in [-0.3, -0.25) is 9.59 Å². The van der Waals surface area contributed by atoms with Gasteiger partial charge in [0, 0.05) is 19.3 Å². The van der Waals surface area contributed by atoms with Crippen molar-refractivity contribution in [2.75, 3.05) is 13.2 Å². The van der Waals surface area contributed by atoms with E-state index in [9.17, 15) is 9.59 Å². The molecule has 0 saturated carbocycles. The van der Waals surface area contributed by atoms with Gasteiger partial charge in [0.25, 0.3) is 0 Å². The van der Waals surface area contributed by atoms with Gasteiger partial charge in [-0.15, -0.1) is 0 Å². The summed E-state index contributed by atoms with van der Waals surface area (Å²) in [5.41, 5.74) is 0. The van der Waals surface area contributed by atoms with Crippen molar-refractivity contribution in [1.29, 1.82) is 0 Å². The van der Waals surface area contributed by atoms with Crippen molar-refractivity contribution < 1.29 is 19.1 Å². The number of unbranched alkanes of at least 4 members (excludes halogenated alkanes) is 28. The molecule has 0 fully saturated rings. The van der Waals surface area contributed by atoms with Crippen LogP contribution in [0.2, 0.25) is 0 Å². The highest BCUT2D eigenvalue weighted by Gasteiger charge is 2.05. The Morgan fingerprint density at radius 3 is 0.791 bits per heavy atom. The minimum Gasteiger partial charge on any atom is -0.465 e. The van der Waals surface area contributed by atoms with Gasteiger partial charge in [-0.1, -0.05) is 194 Å². The first-order valence-electron chi connectivity index (χ1n) is 19.3. The maximum Gasteiger partial charge on any atom is 0.305 e. The molecule has 0 aliphatic carbocycles. The van der Waals surface area contributed by atoms with Gasteiger partial charge in [0.2, 0.25) is 0 Å². The number of ether oxygens (including phenoxy) is 2. The molecular weight excluding hydrogens is 532 g/mol. The molecule has 43 heavy (non-hydrogen) atoms. The zero-order valence-electron chi connectivity index (χ0n) is 29.3. The van der Waals surface area contributed by atoms with E-state index in [0.29, 0.717) is 12.8 Å². The molecule has 0 aromatic carbocycles. The molecule has 0 atom stereocenters. The summed E-state index contributed by atoms with van der Waals surface area (Å²) in [5, 5.41) is 0. The molecule has 4 nitrogen and oxygen atoms in total. The van der Waals surface area contributed by atoms with Crippen LogP contribution >= 0.6 is 0 Å². The van der Waals surface area contributed by atoms with Gasteiger partial charge in [0.1, 0.15) is 0 Å². The molecule has 0 aliphatic heterocycles. The number of hydrogen-bond donors (Lipinski definition) is 0. The summed E-state index contributed by atoms with van der Waals surface area (Å²) in [5.74, 6) is -0.287. The molecular formula is C39H75O4. The minimum atomic E-state index is -0.143. The van der Waals surface area contributed by atoms with Crippen LogP contribution in [0.15, 0.2) is 0 Å². The Labute approximate surface area is 269 Å². The summed E-state index contributed by atoms with van der Waals surface area (Å²) < 4.78 is 10.5. The second-order valence-corrected chi connectivity index (χ2v) is 13.1. The summed E-state index contributed by atoms with van der Waals surface area (Å²) in [7, 11) is 0. The average Bonchev–Trinajstić information content (AvgIpc) is 3.00. The van der Waals surface area contributed by atoms with Crippen LogP contribution in [0.1, 0.15) is 219 Å². The number of rotatable bonds is 36. The summed E-state index contributed by atoms with van der Waals surface area (Å²) in [6.45, 7) is 5.01. The lowest BCUT2D eigenvalue weighted by Crippen LogP contribution is -2.11. The maximum absolute atomic E-state index is 11.9. The first-order valence-corrected chi connectivity index (χ1v) is 19.3. The Bertz CT molecular complexity index is 513. The lowest BCUT2D eigenvalue weighted by molar-refractivity contribution is -0.144. The molecule has 0 bridgehead atoms. The molecule has 0 N–H and O–H groups in total. The van der Waals surface area contributed by atoms with Crippen molar-refractivity contribution in [2.45, 2.75) is 219 Å². The van der Waals surface area contributed by atoms with E-state index in [-0.39, 0.29) is 25.2 Å². The van der Waals surface area contributed by atoms with Crippen molar-refractivity contribution >= 4 is 11.9 Å². The quantitative estimate of drug-likeness (QED) is 0.0525. The predicted octanol–water partition coefficient (Wildman–Crippen LogP) is 12.8. The monoisotopic (exact) mass is 608 g/mol. The standard InChI is InChI=1S/C39H75O4/c1-3-5-7-9-11-13-15-17-19-21-23-25-27-29-31-34-38(40)42-36-33-37-43-39(41)35-32-30-28-26-24-22-20-18-16-14-12-10-8-6-4-2/h33H,3-32,34-37H2,1-2H3. The second kappa shape index (κ2) is 37.1. The predicted molar refractivity (Wildman–Crippen MR) is 185 cm³/mol. The van der Waals surface area contributed by atoms with Crippen molar-refractivity contribution in [1.82, 2.24) is 0 Å². The Kier molecular flexibility index (Phi) is 36.2. The van der Waals surface area contributed by atoms with E-state index < -0.39 is 0 Å². The third-order valence-electron chi connectivity index (χ3n) is 8.69. The van der Waals surface area contributed by atoms with Gasteiger partial charge in [-0.25, -0.2) is 0 Å². The molecule has 0 aromatic rings. The highest BCUT2D eigenvalue weighted by Crippen LogP contribution is 2.15. The number of esters is 2. The molecule has 0 unspecified atom stereocenters. The molecule has 0 amide bonds. The van der Waals surface area contributed by atoms with Crippen molar-refractivity contribution in [3.05, 3.63) is 6.42 Å². The molecule has 0 aliphatic rings. The third kappa shape index (κ3) is 37.0. The number of hydrogen-bond acceptors (Lipinski definition) is 4. The topological polar surface area (TPSA) is 52.6 Å². The van der Waals surface area contributed by atoms with E-state index in [4.69, 9.17) is 9.47 Å². The fraction of sp³-hybridized carbons (Fsp3) is 0.923. The van der Waals surface area contributed by atoms with Crippen LogP contribution in [-0.4, -0.2) is 25.2 Å². The van der Waals surface area contributed by atoms with Gasteiger partial charge in [0.15, 0.2) is 0 Å². The Morgan fingerprint density at radius 2 is 0.558 bits per heavy atom. The normalized spacial score (nSPS) is 11.2. The molecule has 255 valence electrons. The van der Waals surface area contributed by atoms with Crippen LogP contribution in [0, 0.1) is 6.42 Å². The van der Waals surface area contributed by atoms with Gasteiger partial charge in [0.05, 0.1) is 13.2 Å². The molecule has 4 heteroatoms. The van der Waals surface area contributed by atoms with Gasteiger partial charge >= 0.3 is 11.9 Å². The minimum absolute atomic E-state index is 0.143. The van der Waals surface area contributed by atoms with Crippen LogP contribution in [0.25, 0.3) is 0 Å². The van der Waals surface area contributed by atoms with E-state index in [1.807, 2.05) is 0 Å². The SMILES string of the molecule is CCCCCCCCCCCCCCCCCC(=O)OC[CH]COC(=O)CCCCCCCCCCCCCCCCC. The number of carbonyl (C=O) groups is 2. The van der Waals surface area contributed by atoms with Crippen LogP contribution in [0.5, 0.6) is 0 Å². The largest absolute Gasteiger partial charge is 0.465 e. The summed E-state index contributed by atoms with van der Waals surface area (Å²) in [4.78, 5) is 23.8. The molecule has 0 spiro atoms. The molecule has 1 radical (unpaired) electrons. The van der Waals surface area contributed by atoms with Crippen molar-refractivity contribution in [3.63, 3.8) is 0 Å². The van der Waals surface area contributed by atoms with E-state index in [0.717, 1.165) is 25.7 Å². The van der Waals surface area contributed by atoms with E-state index in [1.165, 1.54) is 167 Å². The molecule has 0 rings (SSSR count). The Morgan fingerprint density at radius 1 is 0.349 bits per heavy atom.